The van der Waals surface area contributed by atoms with Gasteiger partial charge in [-0.15, -0.1) is 0 Å². The van der Waals surface area contributed by atoms with Gasteiger partial charge in [-0.05, 0) is 95.7 Å². The summed E-state index contributed by atoms with van der Waals surface area (Å²) in [6, 6.07) is 1.74. The number of carbonyl (C=O) groups excluding carboxylic acids is 2. The van der Waals surface area contributed by atoms with E-state index in [0.29, 0.717) is 42.4 Å². The maximum absolute atomic E-state index is 14.0. The summed E-state index contributed by atoms with van der Waals surface area (Å²) in [5.74, 6) is 1.84. The number of nitrogens with one attached hydrogen (secondary N) is 3. The number of piperidine rings is 2. The molecule has 5 rings (SSSR count). The van der Waals surface area contributed by atoms with Crippen molar-refractivity contribution in [2.45, 2.75) is 96.8 Å². The van der Waals surface area contributed by atoms with Gasteiger partial charge in [0.1, 0.15) is 0 Å². The van der Waals surface area contributed by atoms with Gasteiger partial charge < -0.3 is 25.6 Å². The van der Waals surface area contributed by atoms with Gasteiger partial charge in [-0.1, -0.05) is 20.8 Å². The van der Waals surface area contributed by atoms with Crippen LogP contribution in [0.15, 0.2) is 0 Å². The monoisotopic (exact) mass is 602 g/mol. The number of hydrogen-bond donors (Lipinski definition) is 3. The molecular formula is C34H62N6O3. The van der Waals surface area contributed by atoms with Gasteiger partial charge >= 0.3 is 0 Å². The molecular weight excluding hydrogens is 540 g/mol. The lowest BCUT2D eigenvalue weighted by atomic mass is 9.65. The van der Waals surface area contributed by atoms with Crippen molar-refractivity contribution in [2.75, 3.05) is 72.6 Å². The number of hydrogen-bond acceptors (Lipinski definition) is 7. The Morgan fingerprint density at radius 3 is 2.40 bits per heavy atom. The second kappa shape index (κ2) is 15.4. The largest absolute Gasteiger partial charge is 0.381 e. The number of rotatable bonds is 9. The minimum absolute atomic E-state index is 0.0124. The second-order valence-corrected chi connectivity index (χ2v) is 15.0. The first kappa shape index (κ1) is 33.1. The number of likely N-dealkylation sites (N-methyl/N-ethyl adjacent to an activating group) is 1. The molecule has 2 amide bonds. The zero-order valence-electron chi connectivity index (χ0n) is 27.9. The molecule has 0 bridgehead atoms. The lowest BCUT2D eigenvalue weighted by Crippen LogP contribution is -2.57. The Labute approximate surface area is 261 Å². The maximum Gasteiger partial charge on any atom is 0.225 e. The Bertz CT molecular complexity index is 899. The summed E-state index contributed by atoms with van der Waals surface area (Å²) >= 11 is 0. The average molecular weight is 603 g/mol. The molecule has 0 spiro atoms. The van der Waals surface area contributed by atoms with Crippen LogP contribution in [0, 0.1) is 35.5 Å². The number of nitrogens with zero attached hydrogens (tertiary/aromatic N) is 3. The number of amides is 2. The highest BCUT2D eigenvalue weighted by atomic mass is 16.5. The molecule has 9 unspecified atom stereocenters. The summed E-state index contributed by atoms with van der Waals surface area (Å²) in [7, 11) is 2.22. The van der Waals surface area contributed by atoms with Crippen LogP contribution < -0.4 is 16.0 Å². The van der Waals surface area contributed by atoms with Crippen molar-refractivity contribution in [3.63, 3.8) is 0 Å². The van der Waals surface area contributed by atoms with Crippen molar-refractivity contribution in [1.82, 2.24) is 30.7 Å². The molecule has 1 aliphatic carbocycles. The third-order valence-corrected chi connectivity index (χ3v) is 12.1. The fourth-order valence-electron chi connectivity index (χ4n) is 9.24. The zero-order valence-corrected chi connectivity index (χ0v) is 27.9. The van der Waals surface area contributed by atoms with Gasteiger partial charge in [0, 0.05) is 82.6 Å². The summed E-state index contributed by atoms with van der Waals surface area (Å²) in [4.78, 5) is 34.5. The van der Waals surface area contributed by atoms with E-state index < -0.39 is 0 Å². The van der Waals surface area contributed by atoms with Crippen molar-refractivity contribution in [3.05, 3.63) is 0 Å². The van der Waals surface area contributed by atoms with Crippen LogP contribution in [0.25, 0.3) is 0 Å². The molecule has 3 N–H and O–H groups in total. The fraction of sp³-hybridized carbons (Fsp3) is 0.941. The summed E-state index contributed by atoms with van der Waals surface area (Å²) < 4.78 is 5.73. The highest BCUT2D eigenvalue weighted by Crippen LogP contribution is 2.43. The highest BCUT2D eigenvalue weighted by molar-refractivity contribution is 5.83. The summed E-state index contributed by atoms with van der Waals surface area (Å²) in [6.07, 6.45) is 7.79. The molecule has 9 nitrogen and oxygen atoms in total. The topological polar surface area (TPSA) is 89.2 Å². The van der Waals surface area contributed by atoms with E-state index in [1.165, 1.54) is 45.4 Å². The molecule has 0 aromatic heterocycles. The van der Waals surface area contributed by atoms with Gasteiger partial charge in [-0.2, -0.15) is 0 Å². The molecule has 9 atom stereocenters. The first-order valence-electron chi connectivity index (χ1n) is 17.8. The first-order chi connectivity index (χ1) is 20.7. The Morgan fingerprint density at radius 1 is 1.00 bits per heavy atom. The molecule has 5 aliphatic rings. The lowest BCUT2D eigenvalue weighted by molar-refractivity contribution is -0.133. The van der Waals surface area contributed by atoms with Crippen LogP contribution in [-0.4, -0.2) is 123 Å². The van der Waals surface area contributed by atoms with E-state index in [0.717, 1.165) is 58.5 Å². The van der Waals surface area contributed by atoms with Gasteiger partial charge in [0.2, 0.25) is 11.8 Å². The third-order valence-electron chi connectivity index (χ3n) is 12.1. The van der Waals surface area contributed by atoms with E-state index in [-0.39, 0.29) is 35.6 Å². The first-order valence-corrected chi connectivity index (χ1v) is 17.8. The Morgan fingerprint density at radius 2 is 1.74 bits per heavy atom. The minimum atomic E-state index is -0.139. The van der Waals surface area contributed by atoms with Gasteiger partial charge in [0.15, 0.2) is 0 Å². The van der Waals surface area contributed by atoms with Crippen LogP contribution in [0.5, 0.6) is 0 Å². The van der Waals surface area contributed by atoms with Crippen molar-refractivity contribution in [2.24, 2.45) is 35.5 Å². The van der Waals surface area contributed by atoms with Crippen molar-refractivity contribution < 1.29 is 14.3 Å². The van der Waals surface area contributed by atoms with E-state index in [2.05, 4.69) is 65.4 Å². The molecule has 9 heteroatoms. The number of ether oxygens (including phenoxy) is 1. The van der Waals surface area contributed by atoms with Crippen LogP contribution >= 0.6 is 0 Å². The molecule has 1 saturated carbocycles. The Kier molecular flexibility index (Phi) is 11.8. The number of piperazine rings is 1. The second-order valence-electron chi connectivity index (χ2n) is 15.0. The van der Waals surface area contributed by atoms with E-state index >= 15 is 0 Å². The molecule has 43 heavy (non-hydrogen) atoms. The standard InChI is InChI=1S/C34H62N6O3/c1-6-40(29-9-15-43-16-10-29)32-19-27(26-7-8-28(35-20-26)22-39-13-11-38(5)12-14-39)18-30(25(32)4)33(41)36-21-31-23(2)17-24(3)37-34(31)42/h23-32,35H,6-22H2,1-5H3,(H,36,41)(H,37,42). The fourth-order valence-corrected chi connectivity index (χ4v) is 9.24. The van der Waals surface area contributed by atoms with Crippen LogP contribution in [-0.2, 0) is 14.3 Å². The Balaban J connectivity index is 1.24. The average Bonchev–Trinajstić information content (AvgIpc) is 3.00. The van der Waals surface area contributed by atoms with Crippen LogP contribution in [0.2, 0.25) is 0 Å². The predicted octanol–water partition coefficient (Wildman–Crippen LogP) is 2.41. The van der Waals surface area contributed by atoms with Crippen LogP contribution in [0.3, 0.4) is 0 Å². The zero-order chi connectivity index (χ0) is 30.5. The Hall–Kier alpha value is -1.26. The minimum Gasteiger partial charge on any atom is -0.381 e. The summed E-state index contributed by atoms with van der Waals surface area (Å²) in [5, 5.41) is 10.4. The molecule has 0 aromatic carbocycles. The summed E-state index contributed by atoms with van der Waals surface area (Å²) in [5.41, 5.74) is 0. The smallest absolute Gasteiger partial charge is 0.225 e. The molecule has 4 saturated heterocycles. The maximum atomic E-state index is 14.0. The molecule has 246 valence electrons. The SMILES string of the molecule is CCN(C1CCOCC1)C1CC(C2CCC(CN3CCN(C)CC3)NC2)CC(C(=O)NCC2C(=O)NC(C)CC2C)C1C. The normalized spacial score (nSPS) is 39.0. The van der Waals surface area contributed by atoms with E-state index in [9.17, 15) is 9.59 Å². The number of carbonyl (C=O) groups is 2. The highest BCUT2D eigenvalue weighted by Gasteiger charge is 2.45. The summed E-state index contributed by atoms with van der Waals surface area (Å²) in [6.45, 7) is 18.9. The van der Waals surface area contributed by atoms with E-state index in [1.807, 2.05) is 0 Å². The molecule has 0 aromatic rings. The van der Waals surface area contributed by atoms with Gasteiger partial charge in [0.25, 0.3) is 0 Å². The van der Waals surface area contributed by atoms with Crippen molar-refractivity contribution >= 4 is 11.8 Å². The quantitative estimate of drug-likeness (QED) is 0.374. The molecule has 4 aliphatic heterocycles. The van der Waals surface area contributed by atoms with Crippen LogP contribution in [0.1, 0.15) is 72.6 Å². The van der Waals surface area contributed by atoms with E-state index in [4.69, 9.17) is 4.74 Å². The third kappa shape index (κ3) is 8.32. The van der Waals surface area contributed by atoms with Gasteiger partial charge in [-0.25, -0.2) is 0 Å². The molecule has 4 heterocycles. The van der Waals surface area contributed by atoms with E-state index in [1.54, 1.807) is 0 Å². The molecule has 5 fully saturated rings. The van der Waals surface area contributed by atoms with Gasteiger partial charge in [-0.3, -0.25) is 19.4 Å². The van der Waals surface area contributed by atoms with Gasteiger partial charge in [0.05, 0.1) is 5.92 Å². The molecule has 0 radical (unpaired) electrons. The van der Waals surface area contributed by atoms with Crippen molar-refractivity contribution in [3.8, 4) is 0 Å². The predicted molar refractivity (Wildman–Crippen MR) is 172 cm³/mol. The lowest BCUT2D eigenvalue weighted by Gasteiger charge is -2.50. The van der Waals surface area contributed by atoms with Crippen LogP contribution in [0.4, 0.5) is 0 Å². The van der Waals surface area contributed by atoms with Crippen molar-refractivity contribution in [1.29, 1.82) is 0 Å².